The Kier molecular flexibility index (Phi) is 4.70. The van der Waals surface area contributed by atoms with Gasteiger partial charge in [0.1, 0.15) is 0 Å². The molecule has 3 saturated carbocycles. The fourth-order valence-electron chi connectivity index (χ4n) is 6.36. The van der Waals surface area contributed by atoms with Gasteiger partial charge >= 0.3 is 0 Å². The van der Waals surface area contributed by atoms with Gasteiger partial charge in [-0.15, -0.1) is 0 Å². The van der Waals surface area contributed by atoms with E-state index in [9.17, 15) is 10.2 Å². The van der Waals surface area contributed by atoms with Crippen LogP contribution in [0.25, 0.3) is 0 Å². The predicted molar refractivity (Wildman–Crippen MR) is 86.1 cm³/mol. The molecule has 0 radical (unpaired) electrons. The van der Waals surface area contributed by atoms with Gasteiger partial charge in [-0.25, -0.2) is 0 Å². The van der Waals surface area contributed by atoms with Crippen molar-refractivity contribution in [2.24, 2.45) is 35.5 Å². The number of aliphatic hydroxyl groups excluding tert-OH is 2. The third-order valence-electron chi connectivity index (χ3n) is 7.41. The maximum atomic E-state index is 10.9. The fourth-order valence-corrected chi connectivity index (χ4v) is 6.36. The van der Waals surface area contributed by atoms with Gasteiger partial charge in [0.25, 0.3) is 0 Å². The predicted octanol–water partition coefficient (Wildman–Crippen LogP) is 3.26. The lowest BCUT2D eigenvalue weighted by Crippen LogP contribution is -2.53. The molecule has 0 aromatic rings. The molecule has 0 bridgehead atoms. The highest BCUT2D eigenvalue weighted by molar-refractivity contribution is 4.99. The average Bonchev–Trinajstić information content (AvgIpc) is 2.54. The van der Waals surface area contributed by atoms with Crippen LogP contribution in [0.2, 0.25) is 0 Å². The first-order valence-electron chi connectivity index (χ1n) is 9.82. The van der Waals surface area contributed by atoms with Gasteiger partial charge < -0.3 is 19.7 Å². The summed E-state index contributed by atoms with van der Waals surface area (Å²) in [6, 6.07) is 0. The van der Waals surface area contributed by atoms with Crippen molar-refractivity contribution in [3.8, 4) is 0 Å². The zero-order valence-electron chi connectivity index (χ0n) is 14.3. The molecule has 0 amide bonds. The van der Waals surface area contributed by atoms with Crippen molar-refractivity contribution < 1.29 is 19.7 Å². The molecule has 7 atom stereocenters. The van der Waals surface area contributed by atoms with E-state index < -0.39 is 18.9 Å². The van der Waals surface area contributed by atoms with Crippen LogP contribution < -0.4 is 0 Å². The molecule has 1 heterocycles. The van der Waals surface area contributed by atoms with Crippen LogP contribution in [-0.4, -0.2) is 29.1 Å². The number of rotatable bonds is 3. The van der Waals surface area contributed by atoms with Gasteiger partial charge in [0.15, 0.2) is 18.9 Å². The van der Waals surface area contributed by atoms with Crippen molar-refractivity contribution in [1.82, 2.24) is 0 Å². The molecule has 4 rings (SSSR count). The van der Waals surface area contributed by atoms with Gasteiger partial charge in [0, 0.05) is 12.3 Å². The van der Waals surface area contributed by atoms with Gasteiger partial charge in [-0.2, -0.15) is 0 Å². The third-order valence-corrected chi connectivity index (χ3v) is 7.41. The standard InChI is InChI=1S/C19H32O4/c1-11-12-6-2-4-8-14(12)18(15-9-5-3-7-13(11)15)19(21)23-17-10-16(20)22-17/h11-21H,2-10H2,1H3. The molecule has 0 spiro atoms. The highest BCUT2D eigenvalue weighted by Gasteiger charge is 2.52. The van der Waals surface area contributed by atoms with Crippen LogP contribution >= 0.6 is 0 Å². The molecular formula is C19H32O4. The van der Waals surface area contributed by atoms with E-state index in [1.807, 2.05) is 0 Å². The van der Waals surface area contributed by atoms with Crippen LogP contribution in [0.15, 0.2) is 0 Å². The molecule has 0 aromatic carbocycles. The molecule has 4 heteroatoms. The highest BCUT2D eigenvalue weighted by atomic mass is 16.8. The smallest absolute Gasteiger partial charge is 0.168 e. The minimum atomic E-state index is -0.726. The largest absolute Gasteiger partial charge is 0.368 e. The van der Waals surface area contributed by atoms with Crippen LogP contribution in [0, 0.1) is 35.5 Å². The Morgan fingerprint density at radius 1 is 0.913 bits per heavy atom. The molecule has 1 saturated heterocycles. The fraction of sp³-hybridized carbons (Fsp3) is 1.00. The Labute approximate surface area is 139 Å². The Balaban J connectivity index is 1.53. The highest BCUT2D eigenvalue weighted by Crippen LogP contribution is 2.56. The van der Waals surface area contributed by atoms with Crippen LogP contribution in [0.1, 0.15) is 64.7 Å². The van der Waals surface area contributed by atoms with E-state index in [-0.39, 0.29) is 5.92 Å². The average molecular weight is 324 g/mol. The maximum Gasteiger partial charge on any atom is 0.168 e. The van der Waals surface area contributed by atoms with Crippen LogP contribution in [0.5, 0.6) is 0 Å². The first kappa shape index (κ1) is 16.3. The van der Waals surface area contributed by atoms with E-state index in [0.717, 1.165) is 17.8 Å². The summed E-state index contributed by atoms with van der Waals surface area (Å²) in [7, 11) is 0. The van der Waals surface area contributed by atoms with Gasteiger partial charge in [0.05, 0.1) is 0 Å². The number of aliphatic hydroxyl groups is 2. The molecule has 0 aromatic heterocycles. The lowest BCUT2D eigenvalue weighted by molar-refractivity contribution is -0.366. The zero-order valence-corrected chi connectivity index (χ0v) is 14.3. The molecule has 7 unspecified atom stereocenters. The van der Waals surface area contributed by atoms with Crippen LogP contribution in [-0.2, 0) is 9.47 Å². The monoisotopic (exact) mass is 324 g/mol. The summed E-state index contributed by atoms with van der Waals surface area (Å²) < 4.78 is 11.0. The van der Waals surface area contributed by atoms with E-state index in [4.69, 9.17) is 9.47 Å². The second kappa shape index (κ2) is 6.62. The van der Waals surface area contributed by atoms with Crippen molar-refractivity contribution in [2.45, 2.75) is 83.6 Å². The molecule has 132 valence electrons. The van der Waals surface area contributed by atoms with Crippen molar-refractivity contribution in [1.29, 1.82) is 0 Å². The molecule has 4 fully saturated rings. The molecule has 4 nitrogen and oxygen atoms in total. The van der Waals surface area contributed by atoms with Gasteiger partial charge in [-0.05, 0) is 55.3 Å². The summed E-state index contributed by atoms with van der Waals surface area (Å²) >= 11 is 0. The minimum absolute atomic E-state index is 0.267. The number of ether oxygens (including phenoxy) is 2. The summed E-state index contributed by atoms with van der Waals surface area (Å²) in [6.45, 7) is 2.47. The second-order valence-corrected chi connectivity index (χ2v) is 8.44. The molecular weight excluding hydrogens is 292 g/mol. The molecule has 2 N–H and O–H groups in total. The maximum absolute atomic E-state index is 10.9. The second-order valence-electron chi connectivity index (χ2n) is 8.44. The Morgan fingerprint density at radius 3 is 1.87 bits per heavy atom. The number of hydrogen-bond acceptors (Lipinski definition) is 4. The number of hydrogen-bond donors (Lipinski definition) is 2. The number of fused-ring (bicyclic) bond motifs is 2. The van der Waals surface area contributed by atoms with E-state index in [0.29, 0.717) is 18.3 Å². The first-order chi connectivity index (χ1) is 11.1. The van der Waals surface area contributed by atoms with Gasteiger partial charge in [-0.1, -0.05) is 32.6 Å². The lowest BCUT2D eigenvalue weighted by atomic mass is 9.51. The topological polar surface area (TPSA) is 58.9 Å². The molecule has 4 aliphatic rings. The summed E-state index contributed by atoms with van der Waals surface area (Å²) in [5.41, 5.74) is 0. The van der Waals surface area contributed by atoms with E-state index in [1.165, 1.54) is 51.4 Å². The lowest BCUT2D eigenvalue weighted by Gasteiger charge is -2.56. The van der Waals surface area contributed by atoms with Crippen molar-refractivity contribution >= 4 is 0 Å². The third kappa shape index (κ3) is 2.97. The molecule has 23 heavy (non-hydrogen) atoms. The van der Waals surface area contributed by atoms with Crippen LogP contribution in [0.3, 0.4) is 0 Å². The van der Waals surface area contributed by atoms with E-state index in [2.05, 4.69) is 6.92 Å². The Morgan fingerprint density at radius 2 is 1.39 bits per heavy atom. The molecule has 1 aliphatic heterocycles. The summed E-state index contributed by atoms with van der Waals surface area (Å²) in [5.74, 6) is 3.81. The van der Waals surface area contributed by atoms with Crippen molar-refractivity contribution in [3.05, 3.63) is 0 Å². The van der Waals surface area contributed by atoms with Crippen molar-refractivity contribution in [3.63, 3.8) is 0 Å². The van der Waals surface area contributed by atoms with Crippen molar-refractivity contribution in [2.75, 3.05) is 0 Å². The first-order valence-corrected chi connectivity index (χ1v) is 9.82. The van der Waals surface area contributed by atoms with Gasteiger partial charge in [0.2, 0.25) is 0 Å². The van der Waals surface area contributed by atoms with Gasteiger partial charge in [-0.3, -0.25) is 0 Å². The summed E-state index contributed by atoms with van der Waals surface area (Å²) in [4.78, 5) is 0. The van der Waals surface area contributed by atoms with E-state index >= 15 is 0 Å². The summed E-state index contributed by atoms with van der Waals surface area (Å²) in [5, 5.41) is 20.1. The Bertz CT molecular complexity index is 384. The summed E-state index contributed by atoms with van der Waals surface area (Å²) in [6.07, 6.45) is 9.10. The van der Waals surface area contributed by atoms with E-state index in [1.54, 1.807) is 0 Å². The quantitative estimate of drug-likeness (QED) is 0.782. The normalized spacial score (nSPS) is 51.3. The zero-order chi connectivity index (χ0) is 16.0. The Hall–Kier alpha value is -0.160. The SMILES string of the molecule is CC1C2CCCCC2C(C(O)OC2CC(O)O2)C2CCCCC12. The minimum Gasteiger partial charge on any atom is -0.368 e. The van der Waals surface area contributed by atoms with Crippen LogP contribution in [0.4, 0.5) is 0 Å². The molecule has 3 aliphatic carbocycles.